The predicted molar refractivity (Wildman–Crippen MR) is 56.5 cm³/mol. The van der Waals surface area contributed by atoms with Gasteiger partial charge >= 0.3 is 0 Å². The molecule has 0 spiro atoms. The van der Waals surface area contributed by atoms with Gasteiger partial charge in [-0.05, 0) is 6.42 Å². The summed E-state index contributed by atoms with van der Waals surface area (Å²) in [4.78, 5) is 31.1. The molecule has 0 saturated carbocycles. The Labute approximate surface area is 92.8 Å². The Balaban J connectivity index is 4.49. The summed E-state index contributed by atoms with van der Waals surface area (Å²) < 4.78 is 0. The van der Waals surface area contributed by atoms with E-state index < -0.39 is 30.4 Å². The Kier molecular flexibility index (Phi) is 7.40. The number of hydrogen-bond donors (Lipinski definition) is 2. The second kappa shape index (κ2) is 8.00. The van der Waals surface area contributed by atoms with Crippen LogP contribution in [0.5, 0.6) is 0 Å². The maximum absolute atomic E-state index is 10.7. The lowest BCUT2D eigenvalue weighted by atomic mass is 9.91. The highest BCUT2D eigenvalue weighted by atomic mass is 16.3. The Bertz CT molecular complexity index is 246. The van der Waals surface area contributed by atoms with Gasteiger partial charge in [-0.25, -0.2) is 0 Å². The first kappa shape index (κ1) is 14.8. The Morgan fingerprint density at radius 2 is 2.00 bits per heavy atom. The summed E-state index contributed by atoms with van der Waals surface area (Å²) in [6.07, 6.45) is -0.692. The molecule has 0 aliphatic carbocycles. The van der Waals surface area contributed by atoms with Gasteiger partial charge in [0.2, 0.25) is 0 Å². The van der Waals surface area contributed by atoms with Crippen molar-refractivity contribution in [3.63, 3.8) is 0 Å². The standard InChI is InChI=1S/C9H16N2O5/c1-2-3-6(5-12)9(11-16)7(13)4-8(14)10-15/h6-7,9,12-13H,2-5H2,1H3. The molecule has 7 heteroatoms. The normalized spacial score (nSPS) is 16.2. The zero-order chi connectivity index (χ0) is 12.6. The van der Waals surface area contributed by atoms with E-state index in [1.54, 1.807) is 0 Å². The molecule has 1 amide bonds. The lowest BCUT2D eigenvalue weighted by Crippen LogP contribution is -2.35. The lowest BCUT2D eigenvalue weighted by molar-refractivity contribution is -0.120. The predicted octanol–water partition coefficient (Wildman–Crippen LogP) is 0.574. The van der Waals surface area contributed by atoms with Gasteiger partial charge in [0.15, 0.2) is 0 Å². The van der Waals surface area contributed by atoms with Crippen LogP contribution < -0.4 is 0 Å². The van der Waals surface area contributed by atoms with Crippen LogP contribution >= 0.6 is 0 Å². The van der Waals surface area contributed by atoms with Gasteiger partial charge in [0.05, 0.1) is 12.5 Å². The highest BCUT2D eigenvalue weighted by molar-refractivity contribution is 5.77. The summed E-state index contributed by atoms with van der Waals surface area (Å²) in [5, 5.41) is 23.4. The van der Waals surface area contributed by atoms with E-state index in [1.165, 1.54) is 0 Å². The maximum Gasteiger partial charge on any atom is 0.289 e. The molecule has 0 aromatic rings. The lowest BCUT2D eigenvalue weighted by Gasteiger charge is -2.22. The quantitative estimate of drug-likeness (QED) is 0.593. The Morgan fingerprint density at radius 1 is 1.38 bits per heavy atom. The third-order valence-corrected chi connectivity index (χ3v) is 2.38. The minimum Gasteiger partial charge on any atom is -0.396 e. The van der Waals surface area contributed by atoms with Gasteiger partial charge in [-0.2, -0.15) is 4.91 Å². The smallest absolute Gasteiger partial charge is 0.289 e. The van der Waals surface area contributed by atoms with Crippen molar-refractivity contribution < 1.29 is 15.0 Å². The third kappa shape index (κ3) is 4.54. The van der Waals surface area contributed by atoms with Gasteiger partial charge in [-0.1, -0.05) is 18.5 Å². The van der Waals surface area contributed by atoms with Crippen molar-refractivity contribution in [3.8, 4) is 0 Å². The number of nitrogens with zero attached hydrogens (tertiary/aromatic N) is 2. The monoisotopic (exact) mass is 232 g/mol. The number of carbonyl (C=O) groups is 1. The molecular formula is C9H16N2O5. The van der Waals surface area contributed by atoms with E-state index in [0.29, 0.717) is 12.8 Å². The van der Waals surface area contributed by atoms with Crippen LogP contribution in [0.3, 0.4) is 0 Å². The molecular weight excluding hydrogens is 216 g/mol. The first-order chi connectivity index (χ1) is 7.60. The summed E-state index contributed by atoms with van der Waals surface area (Å²) in [6, 6.07) is -1.09. The number of amides is 1. The van der Waals surface area contributed by atoms with Crippen LogP contribution in [-0.4, -0.2) is 34.9 Å². The van der Waals surface area contributed by atoms with Crippen molar-refractivity contribution in [1.29, 1.82) is 0 Å². The number of carbonyl (C=O) groups excluding carboxylic acids is 1. The largest absolute Gasteiger partial charge is 0.396 e. The number of aliphatic hydroxyl groups is 2. The number of nitroso groups, excluding NO2 is 2. The topological polar surface area (TPSA) is 116 Å². The molecule has 3 unspecified atom stereocenters. The van der Waals surface area contributed by atoms with E-state index in [-0.39, 0.29) is 6.61 Å². The molecule has 2 N–H and O–H groups in total. The van der Waals surface area contributed by atoms with Crippen molar-refractivity contribution in [2.75, 3.05) is 6.61 Å². The summed E-state index contributed by atoms with van der Waals surface area (Å²) in [5.41, 5.74) is 0. The maximum atomic E-state index is 10.7. The highest BCUT2D eigenvalue weighted by Gasteiger charge is 2.30. The molecule has 0 aliphatic rings. The number of hydrogen-bond acceptors (Lipinski definition) is 6. The van der Waals surface area contributed by atoms with Crippen molar-refractivity contribution in [2.24, 2.45) is 16.3 Å². The molecule has 3 atom stereocenters. The van der Waals surface area contributed by atoms with Crippen LogP contribution in [0.2, 0.25) is 0 Å². The first-order valence-corrected chi connectivity index (χ1v) is 5.08. The molecule has 0 aliphatic heterocycles. The molecule has 7 nitrogen and oxygen atoms in total. The van der Waals surface area contributed by atoms with Gasteiger partial charge < -0.3 is 10.2 Å². The molecule has 0 aromatic heterocycles. The highest BCUT2D eigenvalue weighted by Crippen LogP contribution is 2.19. The van der Waals surface area contributed by atoms with Crippen molar-refractivity contribution in [2.45, 2.75) is 38.3 Å². The van der Waals surface area contributed by atoms with Gasteiger partial charge in [-0.15, -0.1) is 4.91 Å². The number of rotatable bonds is 8. The average Bonchev–Trinajstić information content (AvgIpc) is 2.28. The fraction of sp³-hybridized carbons (Fsp3) is 0.889. The Morgan fingerprint density at radius 3 is 2.38 bits per heavy atom. The van der Waals surface area contributed by atoms with E-state index in [0.717, 1.165) is 0 Å². The van der Waals surface area contributed by atoms with E-state index >= 15 is 0 Å². The minimum absolute atomic E-state index is 0.302. The van der Waals surface area contributed by atoms with E-state index in [2.05, 4.69) is 10.4 Å². The fourth-order valence-corrected chi connectivity index (χ4v) is 1.55. The summed E-state index contributed by atoms with van der Waals surface area (Å²) in [7, 11) is 0. The number of aliphatic hydroxyl groups excluding tert-OH is 2. The van der Waals surface area contributed by atoms with Crippen LogP contribution in [0.1, 0.15) is 26.2 Å². The van der Waals surface area contributed by atoms with E-state index in [4.69, 9.17) is 5.11 Å². The molecule has 92 valence electrons. The molecule has 0 bridgehead atoms. The van der Waals surface area contributed by atoms with Gasteiger partial charge in [0.25, 0.3) is 5.91 Å². The molecule has 0 rings (SSSR count). The van der Waals surface area contributed by atoms with Crippen LogP contribution in [0, 0.1) is 15.7 Å². The third-order valence-electron chi connectivity index (χ3n) is 2.38. The Hall–Kier alpha value is -1.21. The first-order valence-electron chi connectivity index (χ1n) is 5.08. The molecule has 0 aromatic carbocycles. The molecule has 0 saturated heterocycles. The molecule has 0 fully saturated rings. The van der Waals surface area contributed by atoms with Crippen LogP contribution in [-0.2, 0) is 4.79 Å². The van der Waals surface area contributed by atoms with Crippen molar-refractivity contribution >= 4 is 5.91 Å². The minimum atomic E-state index is -1.37. The second-order valence-corrected chi connectivity index (χ2v) is 3.58. The molecule has 0 heterocycles. The molecule has 16 heavy (non-hydrogen) atoms. The zero-order valence-corrected chi connectivity index (χ0v) is 9.07. The average molecular weight is 232 g/mol. The van der Waals surface area contributed by atoms with E-state index in [1.807, 2.05) is 6.92 Å². The summed E-state index contributed by atoms with van der Waals surface area (Å²) in [5.74, 6) is -1.54. The van der Waals surface area contributed by atoms with Crippen LogP contribution in [0.15, 0.2) is 10.4 Å². The van der Waals surface area contributed by atoms with Crippen molar-refractivity contribution in [1.82, 2.24) is 0 Å². The van der Waals surface area contributed by atoms with Gasteiger partial charge in [0.1, 0.15) is 6.04 Å². The van der Waals surface area contributed by atoms with Crippen LogP contribution in [0.4, 0.5) is 0 Å². The SMILES string of the molecule is CCCC(CO)C(N=O)C(O)CC(=O)N=O. The molecule has 0 radical (unpaired) electrons. The van der Waals surface area contributed by atoms with Gasteiger partial charge in [-0.3, -0.25) is 4.79 Å². The summed E-state index contributed by atoms with van der Waals surface area (Å²) in [6.45, 7) is 1.55. The van der Waals surface area contributed by atoms with E-state index in [9.17, 15) is 19.7 Å². The fourth-order valence-electron chi connectivity index (χ4n) is 1.55. The second-order valence-electron chi connectivity index (χ2n) is 3.58. The van der Waals surface area contributed by atoms with Crippen LogP contribution in [0.25, 0.3) is 0 Å². The van der Waals surface area contributed by atoms with Crippen molar-refractivity contribution in [3.05, 3.63) is 9.81 Å². The summed E-state index contributed by atoms with van der Waals surface area (Å²) >= 11 is 0. The zero-order valence-electron chi connectivity index (χ0n) is 9.07. The van der Waals surface area contributed by atoms with Gasteiger partial charge in [0, 0.05) is 17.7 Å².